The Balaban J connectivity index is 1.75. The Morgan fingerprint density at radius 2 is 2.15 bits per heavy atom. The van der Waals surface area contributed by atoms with Crippen LogP contribution in [0, 0.1) is 11.8 Å². The van der Waals surface area contributed by atoms with Gasteiger partial charge in [0.1, 0.15) is 0 Å². The fourth-order valence-corrected chi connectivity index (χ4v) is 3.20. The third-order valence-corrected chi connectivity index (χ3v) is 5.77. The molecule has 1 saturated carbocycles. The summed E-state index contributed by atoms with van der Waals surface area (Å²) in [5.74, 6) is 1.29. The van der Waals surface area contributed by atoms with Crippen molar-refractivity contribution in [3.05, 3.63) is 29.3 Å². The molecule has 1 aliphatic carbocycles. The van der Waals surface area contributed by atoms with Crippen molar-refractivity contribution in [2.75, 3.05) is 11.4 Å². The minimum atomic E-state index is 0.313. The van der Waals surface area contributed by atoms with Crippen LogP contribution >= 0.6 is 15.9 Å². The Bertz CT molecular complexity index is 522. The number of hydrogen-bond donors (Lipinski definition) is 0. The van der Waals surface area contributed by atoms with Gasteiger partial charge in [-0.2, -0.15) is 0 Å². The lowest BCUT2D eigenvalue weighted by Crippen LogP contribution is -2.30. The molecule has 1 heterocycles. The summed E-state index contributed by atoms with van der Waals surface area (Å²) < 4.78 is 0. The van der Waals surface area contributed by atoms with Crippen molar-refractivity contribution in [3.8, 4) is 0 Å². The van der Waals surface area contributed by atoms with Crippen molar-refractivity contribution in [3.63, 3.8) is 0 Å². The van der Waals surface area contributed by atoms with Crippen molar-refractivity contribution in [1.82, 2.24) is 0 Å². The Labute approximate surface area is 129 Å². The van der Waals surface area contributed by atoms with Crippen molar-refractivity contribution >= 4 is 27.5 Å². The molecule has 1 aliphatic heterocycles. The number of nitrogens with zero attached hydrogens (tertiary/aromatic N) is 1. The number of rotatable bonds is 4. The van der Waals surface area contributed by atoms with E-state index >= 15 is 0 Å². The van der Waals surface area contributed by atoms with Gasteiger partial charge in [0, 0.05) is 23.0 Å². The number of anilines is 1. The van der Waals surface area contributed by atoms with Gasteiger partial charge in [-0.05, 0) is 48.8 Å². The van der Waals surface area contributed by atoms with Gasteiger partial charge in [-0.1, -0.05) is 41.9 Å². The number of benzene rings is 1. The predicted molar refractivity (Wildman–Crippen MR) is 86.5 cm³/mol. The van der Waals surface area contributed by atoms with E-state index in [1.807, 2.05) is 4.90 Å². The van der Waals surface area contributed by atoms with Gasteiger partial charge in [-0.15, -0.1) is 0 Å². The molecule has 1 aromatic rings. The quantitative estimate of drug-likeness (QED) is 0.763. The summed E-state index contributed by atoms with van der Waals surface area (Å²) in [4.78, 5) is 14.8. The summed E-state index contributed by atoms with van der Waals surface area (Å²) in [5.41, 5.74) is 3.88. The maximum absolute atomic E-state index is 12.2. The van der Waals surface area contributed by atoms with Gasteiger partial charge in [0.2, 0.25) is 5.91 Å². The molecule has 0 N–H and O–H groups in total. The van der Waals surface area contributed by atoms with E-state index in [9.17, 15) is 4.79 Å². The molecule has 3 rings (SSSR count). The highest BCUT2D eigenvalue weighted by Crippen LogP contribution is 2.37. The maximum Gasteiger partial charge on any atom is 0.230 e. The standard InChI is InChI=1S/C17H22BrNO/c1-11(2)15(18)10-12-3-6-16-14(9-12)7-8-19(16)17(20)13-4-5-13/h3,6,9,11,13,15H,4-5,7-8,10H2,1-2H3. The zero-order valence-electron chi connectivity index (χ0n) is 12.2. The van der Waals surface area contributed by atoms with E-state index in [1.165, 1.54) is 11.1 Å². The second kappa shape index (κ2) is 5.51. The van der Waals surface area contributed by atoms with Crippen molar-refractivity contribution < 1.29 is 4.79 Å². The van der Waals surface area contributed by atoms with E-state index in [0.717, 1.165) is 37.9 Å². The second-order valence-electron chi connectivity index (χ2n) is 6.44. The lowest BCUT2D eigenvalue weighted by molar-refractivity contribution is -0.119. The third-order valence-electron chi connectivity index (χ3n) is 4.39. The van der Waals surface area contributed by atoms with Gasteiger partial charge in [0.25, 0.3) is 0 Å². The van der Waals surface area contributed by atoms with Crippen LogP contribution in [0.5, 0.6) is 0 Å². The fraction of sp³-hybridized carbons (Fsp3) is 0.588. The summed E-state index contributed by atoms with van der Waals surface area (Å²) in [5, 5.41) is 0. The van der Waals surface area contributed by atoms with E-state index in [1.54, 1.807) is 0 Å². The first-order chi connectivity index (χ1) is 9.56. The van der Waals surface area contributed by atoms with Crippen molar-refractivity contribution in [1.29, 1.82) is 0 Å². The summed E-state index contributed by atoms with van der Waals surface area (Å²) in [6.07, 6.45) is 4.24. The van der Waals surface area contributed by atoms with Crippen LogP contribution in [0.15, 0.2) is 18.2 Å². The molecule has 1 unspecified atom stereocenters. The Kier molecular flexibility index (Phi) is 3.89. The Morgan fingerprint density at radius 1 is 1.40 bits per heavy atom. The van der Waals surface area contributed by atoms with Crippen LogP contribution in [0.2, 0.25) is 0 Å². The summed E-state index contributed by atoms with van der Waals surface area (Å²) in [6.45, 7) is 5.35. The van der Waals surface area contributed by atoms with E-state index in [-0.39, 0.29) is 0 Å². The zero-order chi connectivity index (χ0) is 14.3. The van der Waals surface area contributed by atoms with Crippen LogP contribution in [0.1, 0.15) is 37.8 Å². The third kappa shape index (κ3) is 2.78. The van der Waals surface area contributed by atoms with Crippen LogP contribution in [0.25, 0.3) is 0 Å². The lowest BCUT2D eigenvalue weighted by Gasteiger charge is -2.18. The number of hydrogen-bond acceptors (Lipinski definition) is 1. The highest BCUT2D eigenvalue weighted by atomic mass is 79.9. The highest BCUT2D eigenvalue weighted by Gasteiger charge is 2.36. The molecule has 20 heavy (non-hydrogen) atoms. The number of carbonyl (C=O) groups excluding carboxylic acids is 1. The summed E-state index contributed by atoms with van der Waals surface area (Å²) in [6, 6.07) is 6.64. The van der Waals surface area contributed by atoms with Gasteiger partial charge < -0.3 is 4.90 Å². The van der Waals surface area contributed by atoms with E-state index < -0.39 is 0 Å². The van der Waals surface area contributed by atoms with Crippen LogP contribution in [0.3, 0.4) is 0 Å². The van der Waals surface area contributed by atoms with Gasteiger partial charge in [-0.25, -0.2) is 0 Å². The van der Waals surface area contributed by atoms with Crippen LogP contribution in [-0.4, -0.2) is 17.3 Å². The minimum Gasteiger partial charge on any atom is -0.312 e. The van der Waals surface area contributed by atoms with Gasteiger partial charge in [-0.3, -0.25) is 4.79 Å². The second-order valence-corrected chi connectivity index (χ2v) is 7.62. The number of amides is 1. The largest absolute Gasteiger partial charge is 0.312 e. The van der Waals surface area contributed by atoms with E-state index in [2.05, 4.69) is 48.0 Å². The van der Waals surface area contributed by atoms with E-state index in [4.69, 9.17) is 0 Å². The topological polar surface area (TPSA) is 20.3 Å². The number of halogens is 1. The number of carbonyl (C=O) groups is 1. The molecule has 1 aromatic carbocycles. The first-order valence-corrected chi connectivity index (χ1v) is 8.55. The molecule has 0 aromatic heterocycles. The SMILES string of the molecule is CC(C)C(Br)Cc1ccc2c(c1)CCN2C(=O)C1CC1. The molecule has 2 nitrogen and oxygen atoms in total. The molecule has 0 spiro atoms. The molecule has 1 atom stereocenters. The molecule has 1 fully saturated rings. The summed E-state index contributed by atoms with van der Waals surface area (Å²) >= 11 is 3.76. The molecule has 2 aliphatic rings. The lowest BCUT2D eigenvalue weighted by atomic mass is 10.00. The zero-order valence-corrected chi connectivity index (χ0v) is 13.8. The predicted octanol–water partition coefficient (Wildman–Crippen LogP) is 3.95. The molecular formula is C17H22BrNO. The molecule has 0 saturated heterocycles. The molecule has 0 bridgehead atoms. The number of alkyl halides is 1. The molecule has 3 heteroatoms. The van der Waals surface area contributed by atoms with Crippen LogP contribution in [-0.2, 0) is 17.6 Å². The molecule has 1 amide bonds. The Morgan fingerprint density at radius 3 is 2.80 bits per heavy atom. The van der Waals surface area contributed by atoms with Crippen LogP contribution in [0.4, 0.5) is 5.69 Å². The average molecular weight is 336 g/mol. The van der Waals surface area contributed by atoms with Gasteiger partial charge >= 0.3 is 0 Å². The fourth-order valence-electron chi connectivity index (χ4n) is 2.82. The molecular weight excluding hydrogens is 314 g/mol. The molecule has 108 valence electrons. The number of fused-ring (bicyclic) bond motifs is 1. The normalized spacial score (nSPS) is 19.3. The van der Waals surface area contributed by atoms with E-state index in [0.29, 0.717) is 22.6 Å². The highest BCUT2D eigenvalue weighted by molar-refractivity contribution is 9.09. The first-order valence-electron chi connectivity index (χ1n) is 7.63. The minimum absolute atomic E-state index is 0.313. The first kappa shape index (κ1) is 14.1. The van der Waals surface area contributed by atoms with Gasteiger partial charge in [0.05, 0.1) is 0 Å². The van der Waals surface area contributed by atoms with Crippen molar-refractivity contribution in [2.45, 2.75) is 44.4 Å². The van der Waals surface area contributed by atoms with Gasteiger partial charge in [0.15, 0.2) is 0 Å². The Hall–Kier alpha value is -0.830. The maximum atomic E-state index is 12.2. The summed E-state index contributed by atoms with van der Waals surface area (Å²) in [7, 11) is 0. The van der Waals surface area contributed by atoms with Crippen LogP contribution < -0.4 is 4.90 Å². The smallest absolute Gasteiger partial charge is 0.230 e. The van der Waals surface area contributed by atoms with Crippen molar-refractivity contribution in [2.24, 2.45) is 11.8 Å². The average Bonchev–Trinajstić information content (AvgIpc) is 3.18. The monoisotopic (exact) mass is 335 g/mol. The molecule has 0 radical (unpaired) electrons.